The van der Waals surface area contributed by atoms with Crippen molar-refractivity contribution in [3.63, 3.8) is 0 Å². The van der Waals surface area contributed by atoms with Crippen molar-refractivity contribution in [1.29, 1.82) is 0 Å². The quantitative estimate of drug-likeness (QED) is 0.804. The van der Waals surface area contributed by atoms with Crippen molar-refractivity contribution < 1.29 is 23.9 Å². The lowest BCUT2D eigenvalue weighted by molar-refractivity contribution is -0.118. The SMILES string of the molecule is CCOC(=O)c1sc(NC(=O)C2C(C)(C)C2(C)C)c(C(=O)OC)c1C. The van der Waals surface area contributed by atoms with Gasteiger partial charge < -0.3 is 14.8 Å². The molecule has 1 N–H and O–H groups in total. The monoisotopic (exact) mass is 367 g/mol. The van der Waals surface area contributed by atoms with Crippen molar-refractivity contribution in [3.05, 3.63) is 16.0 Å². The average molecular weight is 367 g/mol. The molecule has 1 saturated carbocycles. The van der Waals surface area contributed by atoms with Crippen LogP contribution in [0, 0.1) is 23.7 Å². The highest BCUT2D eigenvalue weighted by molar-refractivity contribution is 7.18. The Morgan fingerprint density at radius 1 is 1.12 bits per heavy atom. The van der Waals surface area contributed by atoms with Gasteiger partial charge in [0, 0.05) is 5.92 Å². The molecule has 0 spiro atoms. The van der Waals surface area contributed by atoms with Crippen molar-refractivity contribution in [2.45, 2.75) is 41.5 Å². The number of hydrogen-bond acceptors (Lipinski definition) is 6. The lowest BCUT2D eigenvalue weighted by Gasteiger charge is -2.07. The zero-order valence-corrected chi connectivity index (χ0v) is 16.6. The third-order valence-corrected chi connectivity index (χ3v) is 6.70. The first-order valence-electron chi connectivity index (χ1n) is 8.20. The van der Waals surface area contributed by atoms with Crippen LogP contribution in [0.2, 0.25) is 0 Å². The molecule has 1 heterocycles. The fourth-order valence-electron chi connectivity index (χ4n) is 3.38. The molecular weight excluding hydrogens is 342 g/mol. The van der Waals surface area contributed by atoms with Gasteiger partial charge >= 0.3 is 11.9 Å². The van der Waals surface area contributed by atoms with Crippen LogP contribution in [0.5, 0.6) is 0 Å². The van der Waals surface area contributed by atoms with E-state index >= 15 is 0 Å². The smallest absolute Gasteiger partial charge is 0.348 e. The van der Waals surface area contributed by atoms with E-state index in [1.807, 2.05) is 27.7 Å². The van der Waals surface area contributed by atoms with E-state index in [4.69, 9.17) is 9.47 Å². The predicted molar refractivity (Wildman–Crippen MR) is 96.0 cm³/mol. The fourth-order valence-corrected chi connectivity index (χ4v) is 4.47. The van der Waals surface area contributed by atoms with Crippen molar-refractivity contribution in [1.82, 2.24) is 0 Å². The van der Waals surface area contributed by atoms with Crippen LogP contribution in [0.3, 0.4) is 0 Å². The van der Waals surface area contributed by atoms with Crippen molar-refractivity contribution in [2.75, 3.05) is 19.0 Å². The number of carbonyl (C=O) groups excluding carboxylic acids is 3. The summed E-state index contributed by atoms with van der Waals surface area (Å²) < 4.78 is 9.84. The van der Waals surface area contributed by atoms with E-state index in [2.05, 4.69) is 5.32 Å². The number of esters is 2. The third kappa shape index (κ3) is 3.05. The zero-order valence-electron chi connectivity index (χ0n) is 15.7. The molecule has 0 radical (unpaired) electrons. The van der Waals surface area contributed by atoms with Gasteiger partial charge in [-0.1, -0.05) is 27.7 Å². The molecule has 138 valence electrons. The molecule has 0 aliphatic heterocycles. The molecule has 7 heteroatoms. The lowest BCUT2D eigenvalue weighted by atomic mass is 10.0. The van der Waals surface area contributed by atoms with Crippen LogP contribution in [0.25, 0.3) is 0 Å². The summed E-state index contributed by atoms with van der Waals surface area (Å²) in [6.07, 6.45) is 0. The molecule has 0 aromatic carbocycles. The van der Waals surface area contributed by atoms with Gasteiger partial charge in [0.2, 0.25) is 5.91 Å². The predicted octanol–water partition coefficient (Wildman–Crippen LogP) is 3.64. The van der Waals surface area contributed by atoms with Crippen molar-refractivity contribution in [2.24, 2.45) is 16.7 Å². The first kappa shape index (κ1) is 19.4. The Morgan fingerprint density at radius 3 is 2.12 bits per heavy atom. The summed E-state index contributed by atoms with van der Waals surface area (Å²) in [5.41, 5.74) is 0.414. The van der Waals surface area contributed by atoms with Gasteiger partial charge in [-0.2, -0.15) is 0 Å². The highest BCUT2D eigenvalue weighted by atomic mass is 32.1. The summed E-state index contributed by atoms with van der Waals surface area (Å²) >= 11 is 1.04. The molecular formula is C18H25NO5S. The maximum atomic E-state index is 12.7. The third-order valence-electron chi connectivity index (χ3n) is 5.52. The van der Waals surface area contributed by atoms with Crippen LogP contribution in [0.15, 0.2) is 0 Å². The molecule has 1 aliphatic carbocycles. The highest BCUT2D eigenvalue weighted by Gasteiger charge is 2.68. The molecule has 0 saturated heterocycles. The highest BCUT2D eigenvalue weighted by Crippen LogP contribution is 2.68. The first-order valence-corrected chi connectivity index (χ1v) is 9.02. The largest absolute Gasteiger partial charge is 0.465 e. The van der Waals surface area contributed by atoms with E-state index < -0.39 is 11.9 Å². The number of amides is 1. The van der Waals surface area contributed by atoms with E-state index in [1.54, 1.807) is 13.8 Å². The summed E-state index contributed by atoms with van der Waals surface area (Å²) in [5, 5.41) is 3.16. The molecule has 0 atom stereocenters. The fraction of sp³-hybridized carbons (Fsp3) is 0.611. The van der Waals surface area contributed by atoms with E-state index in [9.17, 15) is 14.4 Å². The average Bonchev–Trinajstić information content (AvgIpc) is 2.76. The van der Waals surface area contributed by atoms with Crippen molar-refractivity contribution >= 4 is 34.2 Å². The van der Waals surface area contributed by atoms with Crippen LogP contribution in [-0.4, -0.2) is 31.6 Å². The second kappa shape index (κ2) is 6.44. The number of anilines is 1. The Labute approximate surface area is 151 Å². The van der Waals surface area contributed by atoms with Crippen LogP contribution in [0.4, 0.5) is 5.00 Å². The Balaban J connectivity index is 2.37. The van der Waals surface area contributed by atoms with Crippen LogP contribution in [0.1, 0.15) is 60.2 Å². The van der Waals surface area contributed by atoms with Gasteiger partial charge in [0.05, 0.1) is 19.3 Å². The minimum atomic E-state index is -0.589. The minimum Gasteiger partial charge on any atom is -0.465 e. The Kier molecular flexibility index (Phi) is 5.01. The van der Waals surface area contributed by atoms with Crippen LogP contribution in [-0.2, 0) is 14.3 Å². The number of ether oxygens (including phenoxy) is 2. The summed E-state index contributed by atoms with van der Waals surface area (Å²) in [4.78, 5) is 37.3. The number of thiophene rings is 1. The molecule has 6 nitrogen and oxygen atoms in total. The second-order valence-corrected chi connectivity index (χ2v) is 8.36. The normalized spacial score (nSPS) is 17.7. The second-order valence-electron chi connectivity index (χ2n) is 7.34. The topological polar surface area (TPSA) is 81.7 Å². The maximum Gasteiger partial charge on any atom is 0.348 e. The molecule has 1 amide bonds. The maximum absolute atomic E-state index is 12.7. The number of carbonyl (C=O) groups is 3. The van der Waals surface area contributed by atoms with Gasteiger partial charge in [0.15, 0.2) is 0 Å². The lowest BCUT2D eigenvalue weighted by Crippen LogP contribution is -2.19. The van der Waals surface area contributed by atoms with Crippen LogP contribution < -0.4 is 5.32 Å². The Morgan fingerprint density at radius 2 is 1.68 bits per heavy atom. The minimum absolute atomic E-state index is 0.126. The standard InChI is InChI=1S/C18H25NO5S/c1-8-24-16(22)11-9(2)10(15(21)23-7)14(25-11)19-13(20)12-17(3,4)18(12,5)6/h12H,8H2,1-7H3,(H,19,20). The van der Waals surface area contributed by atoms with Gasteiger partial charge in [0.1, 0.15) is 9.88 Å². The van der Waals surface area contributed by atoms with Crippen LogP contribution >= 0.6 is 11.3 Å². The number of nitrogens with one attached hydrogen (secondary N) is 1. The molecule has 25 heavy (non-hydrogen) atoms. The van der Waals surface area contributed by atoms with E-state index in [1.165, 1.54) is 7.11 Å². The van der Waals surface area contributed by atoms with Gasteiger partial charge in [-0.3, -0.25) is 4.79 Å². The number of rotatable bonds is 5. The number of methoxy groups -OCH3 is 1. The molecule has 1 aromatic heterocycles. The van der Waals surface area contributed by atoms with Crippen molar-refractivity contribution in [3.8, 4) is 0 Å². The van der Waals surface area contributed by atoms with E-state index in [0.717, 1.165) is 11.3 Å². The molecule has 1 aliphatic rings. The molecule has 2 rings (SSSR count). The van der Waals surface area contributed by atoms with Gasteiger partial charge in [0.25, 0.3) is 0 Å². The van der Waals surface area contributed by atoms with Gasteiger partial charge in [-0.15, -0.1) is 11.3 Å². The Hall–Kier alpha value is -1.89. The molecule has 1 fully saturated rings. The summed E-state index contributed by atoms with van der Waals surface area (Å²) in [7, 11) is 1.27. The molecule has 1 aromatic rings. The summed E-state index contributed by atoms with van der Waals surface area (Å²) in [6.45, 7) is 11.8. The van der Waals surface area contributed by atoms with Gasteiger partial charge in [-0.25, -0.2) is 9.59 Å². The van der Waals surface area contributed by atoms with E-state index in [-0.39, 0.29) is 34.8 Å². The number of hydrogen-bond donors (Lipinski definition) is 1. The molecule has 0 unspecified atom stereocenters. The van der Waals surface area contributed by atoms with E-state index in [0.29, 0.717) is 15.4 Å². The molecule has 0 bridgehead atoms. The summed E-state index contributed by atoms with van der Waals surface area (Å²) in [6, 6.07) is 0. The Bertz CT molecular complexity index is 718. The first-order chi connectivity index (χ1) is 11.5. The zero-order chi connectivity index (χ0) is 19.2. The van der Waals surface area contributed by atoms with Gasteiger partial charge in [-0.05, 0) is 30.2 Å². The summed E-state index contributed by atoms with van der Waals surface area (Å²) in [5.74, 6) is -1.42.